The van der Waals surface area contributed by atoms with Gasteiger partial charge in [0.25, 0.3) is 0 Å². The van der Waals surface area contributed by atoms with E-state index in [0.29, 0.717) is 11.5 Å². The van der Waals surface area contributed by atoms with Crippen molar-refractivity contribution in [2.75, 3.05) is 14.2 Å². The summed E-state index contributed by atoms with van der Waals surface area (Å²) in [6.45, 7) is 0. The van der Waals surface area contributed by atoms with Crippen molar-refractivity contribution in [2.45, 2.75) is 12.8 Å². The first-order chi connectivity index (χ1) is 7.71. The van der Waals surface area contributed by atoms with Gasteiger partial charge in [0.15, 0.2) is 5.78 Å². The molecule has 0 spiro atoms. The highest BCUT2D eigenvalue weighted by atomic mass is 16.5. The molecule has 1 rings (SSSR count). The molecule has 16 heavy (non-hydrogen) atoms. The molecule has 0 saturated carbocycles. The molecule has 0 heterocycles. The van der Waals surface area contributed by atoms with Gasteiger partial charge in [0, 0.05) is 18.1 Å². The van der Waals surface area contributed by atoms with Crippen molar-refractivity contribution < 1.29 is 14.3 Å². The lowest BCUT2D eigenvalue weighted by molar-refractivity contribution is -0.117. The molecule has 0 fully saturated rings. The zero-order valence-electron chi connectivity index (χ0n) is 9.32. The molecular weight excluding hydrogens is 206 g/mol. The fraction of sp³-hybridized carbons (Fsp3) is 0.333. The van der Waals surface area contributed by atoms with Gasteiger partial charge in [0.2, 0.25) is 0 Å². The van der Waals surface area contributed by atoms with E-state index < -0.39 is 0 Å². The molecular formula is C12H13NO3. The average molecular weight is 219 g/mol. The quantitative estimate of drug-likeness (QED) is 0.756. The molecule has 0 aliphatic rings. The molecule has 0 amide bonds. The molecule has 0 radical (unpaired) electrons. The number of nitriles is 1. The Bertz CT molecular complexity index is 421. The summed E-state index contributed by atoms with van der Waals surface area (Å²) >= 11 is 0. The summed E-state index contributed by atoms with van der Waals surface area (Å²) in [5.41, 5.74) is 0.767. The van der Waals surface area contributed by atoms with Gasteiger partial charge in [-0.1, -0.05) is 6.07 Å². The van der Waals surface area contributed by atoms with Gasteiger partial charge in [0.05, 0.1) is 26.7 Å². The number of carbonyl (C=O) groups is 1. The molecule has 0 saturated heterocycles. The number of ketones is 1. The number of rotatable bonds is 5. The van der Waals surface area contributed by atoms with E-state index in [4.69, 9.17) is 14.7 Å². The second kappa shape index (κ2) is 5.76. The monoisotopic (exact) mass is 219 g/mol. The van der Waals surface area contributed by atoms with E-state index in [0.717, 1.165) is 5.56 Å². The van der Waals surface area contributed by atoms with Gasteiger partial charge >= 0.3 is 0 Å². The number of hydrogen-bond acceptors (Lipinski definition) is 4. The van der Waals surface area contributed by atoms with Crippen LogP contribution in [-0.2, 0) is 11.2 Å². The Balaban J connectivity index is 2.88. The first-order valence-corrected chi connectivity index (χ1v) is 4.80. The maximum atomic E-state index is 11.3. The van der Waals surface area contributed by atoms with E-state index >= 15 is 0 Å². The molecule has 0 aliphatic carbocycles. The molecule has 0 atom stereocenters. The van der Waals surface area contributed by atoms with Gasteiger partial charge in [-0.2, -0.15) is 5.26 Å². The van der Waals surface area contributed by atoms with E-state index in [2.05, 4.69) is 0 Å². The molecule has 0 bridgehead atoms. The van der Waals surface area contributed by atoms with Crippen LogP contribution >= 0.6 is 0 Å². The van der Waals surface area contributed by atoms with Crippen LogP contribution in [-0.4, -0.2) is 20.0 Å². The maximum absolute atomic E-state index is 11.3. The molecule has 1 aromatic carbocycles. The van der Waals surface area contributed by atoms with Crippen LogP contribution in [0, 0.1) is 11.3 Å². The summed E-state index contributed by atoms with van der Waals surface area (Å²) in [6.07, 6.45) is 0.135. The Morgan fingerprint density at radius 1 is 1.38 bits per heavy atom. The smallest absolute Gasteiger partial charge is 0.151 e. The number of nitrogens with zero attached hydrogens (tertiary/aromatic N) is 1. The summed E-state index contributed by atoms with van der Waals surface area (Å²) in [6, 6.07) is 7.08. The van der Waals surface area contributed by atoms with Crippen LogP contribution in [0.5, 0.6) is 11.5 Å². The zero-order chi connectivity index (χ0) is 12.0. The number of ether oxygens (including phenoxy) is 2. The molecule has 84 valence electrons. The molecule has 4 heteroatoms. The largest absolute Gasteiger partial charge is 0.497 e. The van der Waals surface area contributed by atoms with Crippen LogP contribution in [0.4, 0.5) is 0 Å². The fourth-order valence-corrected chi connectivity index (χ4v) is 1.36. The van der Waals surface area contributed by atoms with Crippen molar-refractivity contribution in [3.63, 3.8) is 0 Å². The highest BCUT2D eigenvalue weighted by Crippen LogP contribution is 2.25. The average Bonchev–Trinajstić information content (AvgIpc) is 2.30. The SMILES string of the molecule is COc1ccc(CC(=O)CC#N)c(OC)c1. The molecule has 0 aliphatic heterocycles. The van der Waals surface area contributed by atoms with Gasteiger partial charge in [-0.05, 0) is 6.07 Å². The normalized spacial score (nSPS) is 9.31. The third-order valence-corrected chi connectivity index (χ3v) is 2.16. The van der Waals surface area contributed by atoms with E-state index in [1.54, 1.807) is 25.3 Å². The summed E-state index contributed by atoms with van der Waals surface area (Å²) in [7, 11) is 3.10. The van der Waals surface area contributed by atoms with Gasteiger partial charge in [-0.3, -0.25) is 4.79 Å². The number of benzene rings is 1. The Hall–Kier alpha value is -2.02. The second-order valence-electron chi connectivity index (χ2n) is 3.23. The van der Waals surface area contributed by atoms with Gasteiger partial charge in [-0.15, -0.1) is 0 Å². The standard InChI is InChI=1S/C12H13NO3/c1-15-11-4-3-9(12(8-11)16-2)7-10(14)5-6-13/h3-4,8H,5,7H2,1-2H3. The zero-order valence-corrected chi connectivity index (χ0v) is 9.32. The summed E-state index contributed by atoms with van der Waals surface area (Å²) < 4.78 is 10.2. The second-order valence-corrected chi connectivity index (χ2v) is 3.23. The van der Waals surface area contributed by atoms with Crippen LogP contribution in [0.3, 0.4) is 0 Å². The Labute approximate surface area is 94.4 Å². The Morgan fingerprint density at radius 2 is 2.12 bits per heavy atom. The van der Waals surface area contributed by atoms with Gasteiger partial charge in [-0.25, -0.2) is 0 Å². The van der Waals surface area contributed by atoms with Crippen molar-refractivity contribution in [2.24, 2.45) is 0 Å². The predicted molar refractivity (Wildman–Crippen MR) is 58.5 cm³/mol. The molecule has 0 N–H and O–H groups in total. The Kier molecular flexibility index (Phi) is 4.34. The van der Waals surface area contributed by atoms with Crippen LogP contribution in [0.1, 0.15) is 12.0 Å². The van der Waals surface area contributed by atoms with Crippen molar-refractivity contribution in [1.82, 2.24) is 0 Å². The predicted octanol–water partition coefficient (Wildman–Crippen LogP) is 1.73. The minimum absolute atomic E-state index is 0.0742. The van der Waals surface area contributed by atoms with Crippen LogP contribution in [0.15, 0.2) is 18.2 Å². The van der Waals surface area contributed by atoms with Crippen molar-refractivity contribution in [3.8, 4) is 17.6 Å². The fourth-order valence-electron chi connectivity index (χ4n) is 1.36. The molecule has 4 nitrogen and oxygen atoms in total. The lowest BCUT2D eigenvalue weighted by Gasteiger charge is -2.09. The highest BCUT2D eigenvalue weighted by Gasteiger charge is 2.09. The number of carbonyl (C=O) groups excluding carboxylic acids is 1. The van der Waals surface area contributed by atoms with E-state index in [-0.39, 0.29) is 18.6 Å². The first-order valence-electron chi connectivity index (χ1n) is 4.80. The van der Waals surface area contributed by atoms with E-state index in [1.807, 2.05) is 6.07 Å². The minimum Gasteiger partial charge on any atom is -0.497 e. The van der Waals surface area contributed by atoms with Gasteiger partial charge < -0.3 is 9.47 Å². The third kappa shape index (κ3) is 2.99. The minimum atomic E-state index is -0.119. The van der Waals surface area contributed by atoms with E-state index in [1.165, 1.54) is 7.11 Å². The first kappa shape index (κ1) is 12.1. The molecule has 0 aromatic heterocycles. The summed E-state index contributed by atoms with van der Waals surface area (Å²) in [4.78, 5) is 11.3. The van der Waals surface area contributed by atoms with Gasteiger partial charge in [0.1, 0.15) is 11.5 Å². The number of Topliss-reactive ketones (excluding diaryl/α,β-unsaturated/α-hetero) is 1. The maximum Gasteiger partial charge on any atom is 0.151 e. The number of methoxy groups -OCH3 is 2. The lowest BCUT2D eigenvalue weighted by Crippen LogP contribution is -2.03. The highest BCUT2D eigenvalue weighted by molar-refractivity contribution is 5.83. The summed E-state index contributed by atoms with van der Waals surface area (Å²) in [5.74, 6) is 1.16. The third-order valence-electron chi connectivity index (χ3n) is 2.16. The van der Waals surface area contributed by atoms with Crippen LogP contribution < -0.4 is 9.47 Å². The van der Waals surface area contributed by atoms with Crippen molar-refractivity contribution in [3.05, 3.63) is 23.8 Å². The van der Waals surface area contributed by atoms with Crippen molar-refractivity contribution >= 4 is 5.78 Å². The van der Waals surface area contributed by atoms with Crippen LogP contribution in [0.25, 0.3) is 0 Å². The number of hydrogen-bond donors (Lipinski definition) is 0. The van der Waals surface area contributed by atoms with E-state index in [9.17, 15) is 4.79 Å². The van der Waals surface area contributed by atoms with Crippen molar-refractivity contribution in [1.29, 1.82) is 5.26 Å². The Morgan fingerprint density at radius 3 is 2.69 bits per heavy atom. The molecule has 0 unspecified atom stereocenters. The lowest BCUT2D eigenvalue weighted by atomic mass is 10.1. The molecule has 1 aromatic rings. The summed E-state index contributed by atoms with van der Waals surface area (Å²) in [5, 5.41) is 8.40. The van der Waals surface area contributed by atoms with Crippen LogP contribution in [0.2, 0.25) is 0 Å². The topological polar surface area (TPSA) is 59.3 Å².